The number of hydrogen-bond acceptors (Lipinski definition) is 2. The van der Waals surface area contributed by atoms with Crippen LogP contribution in [0.5, 0.6) is 0 Å². The zero-order chi connectivity index (χ0) is 13.8. The van der Waals surface area contributed by atoms with Gasteiger partial charge in [0.25, 0.3) is 0 Å². The highest BCUT2D eigenvalue weighted by atomic mass is 16.6. The lowest BCUT2D eigenvalue weighted by molar-refractivity contribution is -0.0237. The fraction of sp³-hybridized carbons (Fsp3) is 0.933. The fourth-order valence-electron chi connectivity index (χ4n) is 3.07. The van der Waals surface area contributed by atoms with Crippen molar-refractivity contribution in [2.75, 3.05) is 6.61 Å². The minimum atomic E-state index is -0.138. The van der Waals surface area contributed by atoms with Gasteiger partial charge in [-0.3, -0.25) is 4.90 Å². The van der Waals surface area contributed by atoms with Crippen molar-refractivity contribution in [1.29, 1.82) is 0 Å². The van der Waals surface area contributed by atoms with Gasteiger partial charge in [-0.1, -0.05) is 19.8 Å². The molecule has 3 nitrogen and oxygen atoms in total. The van der Waals surface area contributed by atoms with Crippen LogP contribution >= 0.6 is 0 Å². The standard InChI is InChI=1S/C15H29NO2/c1-6-7-8-12-18-13(17)16-14(2,3)10-9-11-15(16,4)5/h6-12H2,1-5H3. The Morgan fingerprint density at radius 1 is 1.11 bits per heavy atom. The maximum atomic E-state index is 12.3. The molecule has 0 aliphatic carbocycles. The molecule has 1 amide bonds. The highest BCUT2D eigenvalue weighted by Gasteiger charge is 2.44. The minimum absolute atomic E-state index is 0.0937. The zero-order valence-corrected chi connectivity index (χ0v) is 12.7. The quantitative estimate of drug-likeness (QED) is 0.699. The highest BCUT2D eigenvalue weighted by molar-refractivity contribution is 5.70. The third kappa shape index (κ3) is 3.63. The summed E-state index contributed by atoms with van der Waals surface area (Å²) >= 11 is 0. The van der Waals surface area contributed by atoms with Crippen LogP contribution in [-0.4, -0.2) is 28.7 Å². The maximum absolute atomic E-state index is 12.3. The van der Waals surface area contributed by atoms with Crippen molar-refractivity contribution < 1.29 is 9.53 Å². The van der Waals surface area contributed by atoms with Crippen LogP contribution in [0, 0.1) is 0 Å². The van der Waals surface area contributed by atoms with Gasteiger partial charge in [-0.15, -0.1) is 0 Å². The Balaban J connectivity index is 2.62. The number of piperidine rings is 1. The van der Waals surface area contributed by atoms with E-state index in [2.05, 4.69) is 34.6 Å². The summed E-state index contributed by atoms with van der Waals surface area (Å²) in [5, 5.41) is 0. The molecular formula is C15H29NO2. The summed E-state index contributed by atoms with van der Waals surface area (Å²) in [5.41, 5.74) is -0.187. The second-order valence-corrected chi connectivity index (χ2v) is 6.64. The van der Waals surface area contributed by atoms with Crippen LogP contribution in [0.2, 0.25) is 0 Å². The first-order valence-electron chi connectivity index (χ1n) is 7.28. The molecule has 1 heterocycles. The van der Waals surface area contributed by atoms with Crippen molar-refractivity contribution in [1.82, 2.24) is 4.90 Å². The monoisotopic (exact) mass is 255 g/mol. The average Bonchev–Trinajstić information content (AvgIpc) is 2.21. The van der Waals surface area contributed by atoms with E-state index in [4.69, 9.17) is 4.74 Å². The number of ether oxygens (including phenoxy) is 1. The first-order chi connectivity index (χ1) is 8.31. The smallest absolute Gasteiger partial charge is 0.410 e. The normalized spacial score (nSPS) is 21.7. The van der Waals surface area contributed by atoms with Crippen LogP contribution in [0.25, 0.3) is 0 Å². The van der Waals surface area contributed by atoms with E-state index in [1.165, 1.54) is 6.42 Å². The number of unbranched alkanes of at least 4 members (excludes halogenated alkanes) is 2. The van der Waals surface area contributed by atoms with Crippen molar-refractivity contribution in [3.63, 3.8) is 0 Å². The van der Waals surface area contributed by atoms with E-state index in [0.29, 0.717) is 6.61 Å². The van der Waals surface area contributed by atoms with Crippen molar-refractivity contribution in [2.45, 2.75) is 84.2 Å². The molecule has 18 heavy (non-hydrogen) atoms. The maximum Gasteiger partial charge on any atom is 0.410 e. The summed E-state index contributed by atoms with van der Waals surface area (Å²) in [6.07, 6.45) is 6.40. The summed E-state index contributed by atoms with van der Waals surface area (Å²) in [7, 11) is 0. The third-order valence-electron chi connectivity index (χ3n) is 3.94. The molecule has 3 heteroatoms. The van der Waals surface area contributed by atoms with E-state index < -0.39 is 0 Å². The molecule has 0 saturated carbocycles. The molecular weight excluding hydrogens is 226 g/mol. The van der Waals surface area contributed by atoms with Gasteiger partial charge in [-0.2, -0.15) is 0 Å². The average molecular weight is 255 g/mol. The molecule has 1 aliphatic heterocycles. The van der Waals surface area contributed by atoms with Gasteiger partial charge in [0.05, 0.1) is 6.61 Å². The third-order valence-corrected chi connectivity index (χ3v) is 3.94. The predicted octanol–water partition coefficient (Wildman–Crippen LogP) is 4.36. The molecule has 0 atom stereocenters. The Kier molecular flexibility index (Phi) is 5.06. The van der Waals surface area contributed by atoms with Gasteiger partial charge in [-0.25, -0.2) is 4.79 Å². The van der Waals surface area contributed by atoms with Crippen LogP contribution in [-0.2, 0) is 4.74 Å². The number of nitrogens with zero attached hydrogens (tertiary/aromatic N) is 1. The van der Waals surface area contributed by atoms with Crippen molar-refractivity contribution in [2.24, 2.45) is 0 Å². The van der Waals surface area contributed by atoms with Gasteiger partial charge in [0.15, 0.2) is 0 Å². The Bertz CT molecular complexity index is 268. The molecule has 0 bridgehead atoms. The molecule has 1 rings (SSSR count). The minimum Gasteiger partial charge on any atom is -0.449 e. The lowest BCUT2D eigenvalue weighted by Crippen LogP contribution is -2.61. The molecule has 106 valence electrons. The molecule has 1 saturated heterocycles. The molecule has 0 aromatic heterocycles. The van der Waals surface area contributed by atoms with E-state index in [9.17, 15) is 4.79 Å². The number of rotatable bonds is 4. The predicted molar refractivity (Wildman–Crippen MR) is 74.7 cm³/mol. The van der Waals surface area contributed by atoms with Crippen LogP contribution in [0.4, 0.5) is 4.79 Å². The lowest BCUT2D eigenvalue weighted by atomic mass is 9.80. The van der Waals surface area contributed by atoms with E-state index >= 15 is 0 Å². The number of carbonyl (C=O) groups is 1. The van der Waals surface area contributed by atoms with Crippen molar-refractivity contribution in [3.05, 3.63) is 0 Å². The number of hydrogen-bond donors (Lipinski definition) is 0. The van der Waals surface area contributed by atoms with Gasteiger partial charge in [0, 0.05) is 11.1 Å². The largest absolute Gasteiger partial charge is 0.449 e. The Hall–Kier alpha value is -0.730. The molecule has 0 aromatic carbocycles. The lowest BCUT2D eigenvalue weighted by Gasteiger charge is -2.51. The first-order valence-corrected chi connectivity index (χ1v) is 7.28. The molecule has 1 aliphatic rings. The van der Waals surface area contributed by atoms with Gasteiger partial charge in [0.2, 0.25) is 0 Å². The SMILES string of the molecule is CCCCCOC(=O)N1C(C)(C)CCCC1(C)C. The highest BCUT2D eigenvalue weighted by Crippen LogP contribution is 2.38. The topological polar surface area (TPSA) is 29.5 Å². The van der Waals surface area contributed by atoms with E-state index in [0.717, 1.165) is 32.1 Å². The summed E-state index contributed by atoms with van der Waals surface area (Å²) < 4.78 is 5.44. The Labute approximate surface area is 112 Å². The van der Waals surface area contributed by atoms with Gasteiger partial charge >= 0.3 is 6.09 Å². The first kappa shape index (κ1) is 15.3. The van der Waals surface area contributed by atoms with Gasteiger partial charge < -0.3 is 4.74 Å². The van der Waals surface area contributed by atoms with Crippen LogP contribution in [0.1, 0.15) is 73.1 Å². The van der Waals surface area contributed by atoms with Gasteiger partial charge in [-0.05, 0) is 53.4 Å². The zero-order valence-electron chi connectivity index (χ0n) is 12.7. The van der Waals surface area contributed by atoms with Crippen molar-refractivity contribution >= 4 is 6.09 Å². The van der Waals surface area contributed by atoms with Crippen molar-refractivity contribution in [3.8, 4) is 0 Å². The van der Waals surface area contributed by atoms with Crippen LogP contribution in [0.15, 0.2) is 0 Å². The summed E-state index contributed by atoms with van der Waals surface area (Å²) in [5.74, 6) is 0. The number of carbonyl (C=O) groups excluding carboxylic acids is 1. The summed E-state index contributed by atoms with van der Waals surface area (Å²) in [6.45, 7) is 11.3. The Morgan fingerprint density at radius 3 is 2.17 bits per heavy atom. The fourth-order valence-corrected chi connectivity index (χ4v) is 3.07. The van der Waals surface area contributed by atoms with Gasteiger partial charge in [0.1, 0.15) is 0 Å². The molecule has 0 N–H and O–H groups in total. The second-order valence-electron chi connectivity index (χ2n) is 6.64. The molecule has 0 spiro atoms. The van der Waals surface area contributed by atoms with Crippen LogP contribution in [0.3, 0.4) is 0 Å². The summed E-state index contributed by atoms with van der Waals surface area (Å²) in [4.78, 5) is 14.3. The Morgan fingerprint density at radius 2 is 1.67 bits per heavy atom. The van der Waals surface area contributed by atoms with Crippen LogP contribution < -0.4 is 0 Å². The van der Waals surface area contributed by atoms with E-state index in [1.54, 1.807) is 0 Å². The molecule has 0 aromatic rings. The number of likely N-dealkylation sites (tertiary alicyclic amines) is 1. The second kappa shape index (κ2) is 5.94. The van der Waals surface area contributed by atoms with E-state index in [-0.39, 0.29) is 17.2 Å². The summed E-state index contributed by atoms with van der Waals surface area (Å²) in [6, 6.07) is 0. The molecule has 0 unspecified atom stereocenters. The molecule has 1 fully saturated rings. The number of amides is 1. The molecule has 0 radical (unpaired) electrons. The van der Waals surface area contributed by atoms with E-state index in [1.807, 2.05) is 4.90 Å².